The molecule has 1 saturated carbocycles. The second-order valence-corrected chi connectivity index (χ2v) is 9.95. The van der Waals surface area contributed by atoms with Gasteiger partial charge in [-0.25, -0.2) is 4.39 Å². The Morgan fingerprint density at radius 1 is 1.08 bits per heavy atom. The van der Waals surface area contributed by atoms with Crippen LogP contribution in [0.25, 0.3) is 10.9 Å². The Morgan fingerprint density at radius 3 is 2.50 bits per heavy atom. The highest BCUT2D eigenvalue weighted by atomic mass is 19.1. The topological polar surface area (TPSA) is 72.8 Å². The predicted molar refractivity (Wildman–Crippen MR) is 135 cm³/mol. The SMILES string of the molecule is COc1ccc(OC)c2c1cc1n2C[C@@](C)(C(=O)NC2CCCCC2)N(Cc2cccc(F)c2)C1=O. The van der Waals surface area contributed by atoms with Gasteiger partial charge in [0.15, 0.2) is 0 Å². The summed E-state index contributed by atoms with van der Waals surface area (Å²) in [7, 11) is 3.16. The molecular formula is C28H32FN3O4. The van der Waals surface area contributed by atoms with Gasteiger partial charge in [0.1, 0.15) is 28.5 Å². The van der Waals surface area contributed by atoms with Crippen LogP contribution in [0, 0.1) is 5.82 Å². The molecule has 190 valence electrons. The van der Waals surface area contributed by atoms with Gasteiger partial charge in [-0.05, 0) is 55.7 Å². The molecule has 2 aliphatic rings. The summed E-state index contributed by atoms with van der Waals surface area (Å²) in [6.45, 7) is 2.14. The van der Waals surface area contributed by atoms with E-state index in [-0.39, 0.29) is 36.8 Å². The van der Waals surface area contributed by atoms with Gasteiger partial charge in [-0.15, -0.1) is 0 Å². The molecule has 0 unspecified atom stereocenters. The quantitative estimate of drug-likeness (QED) is 0.542. The third-order valence-corrected chi connectivity index (χ3v) is 7.61. The zero-order chi connectivity index (χ0) is 25.4. The van der Waals surface area contributed by atoms with Crippen LogP contribution >= 0.6 is 0 Å². The lowest BCUT2D eigenvalue weighted by Crippen LogP contribution is -2.64. The van der Waals surface area contributed by atoms with Crippen LogP contribution < -0.4 is 14.8 Å². The first-order valence-corrected chi connectivity index (χ1v) is 12.5. The molecule has 1 fully saturated rings. The minimum absolute atomic E-state index is 0.0895. The number of hydrogen-bond acceptors (Lipinski definition) is 4. The fourth-order valence-corrected chi connectivity index (χ4v) is 5.61. The van der Waals surface area contributed by atoms with Gasteiger partial charge in [-0.3, -0.25) is 9.59 Å². The first-order chi connectivity index (χ1) is 17.4. The first-order valence-electron chi connectivity index (χ1n) is 12.5. The van der Waals surface area contributed by atoms with Crippen LogP contribution in [0.15, 0.2) is 42.5 Å². The van der Waals surface area contributed by atoms with Crippen LogP contribution in [0.1, 0.15) is 55.1 Å². The molecule has 1 aromatic heterocycles. The Balaban J connectivity index is 1.62. The molecule has 1 atom stereocenters. The van der Waals surface area contributed by atoms with Crippen LogP contribution in [-0.4, -0.2) is 47.1 Å². The number of amides is 2. The Kier molecular flexibility index (Phi) is 6.36. The standard InChI is InChI=1S/C28H32FN3O4/c1-28(27(34)30-20-10-5-4-6-11-20)17-31-22(15-21-23(35-2)12-13-24(36-3)25(21)31)26(33)32(28)16-18-8-7-9-19(29)14-18/h7-9,12-15,20H,4-6,10-11,16-17H2,1-3H3,(H,30,34)/t28-/m0/s1. The molecule has 2 heterocycles. The lowest BCUT2D eigenvalue weighted by Gasteiger charge is -2.45. The molecule has 0 spiro atoms. The molecule has 0 saturated heterocycles. The van der Waals surface area contributed by atoms with E-state index in [1.165, 1.54) is 18.6 Å². The molecular weight excluding hydrogens is 461 g/mol. The minimum Gasteiger partial charge on any atom is -0.496 e. The van der Waals surface area contributed by atoms with Crippen LogP contribution in [0.4, 0.5) is 4.39 Å². The van der Waals surface area contributed by atoms with E-state index in [9.17, 15) is 14.0 Å². The highest BCUT2D eigenvalue weighted by Crippen LogP contribution is 2.40. The summed E-state index contributed by atoms with van der Waals surface area (Å²) in [6.07, 6.45) is 5.20. The van der Waals surface area contributed by atoms with Gasteiger partial charge in [0.25, 0.3) is 5.91 Å². The zero-order valence-electron chi connectivity index (χ0n) is 21.0. The molecule has 1 N–H and O–H groups in total. The molecule has 0 bridgehead atoms. The van der Waals surface area contributed by atoms with Crippen molar-refractivity contribution < 1.29 is 23.5 Å². The number of halogens is 1. The average Bonchev–Trinajstić information content (AvgIpc) is 3.26. The molecule has 36 heavy (non-hydrogen) atoms. The van der Waals surface area contributed by atoms with Gasteiger partial charge in [0.2, 0.25) is 5.91 Å². The fourth-order valence-electron chi connectivity index (χ4n) is 5.61. The predicted octanol–water partition coefficient (Wildman–Crippen LogP) is 4.66. The Bertz CT molecular complexity index is 1310. The third-order valence-electron chi connectivity index (χ3n) is 7.61. The second-order valence-electron chi connectivity index (χ2n) is 9.95. The van der Waals surface area contributed by atoms with E-state index < -0.39 is 5.54 Å². The molecule has 0 radical (unpaired) electrons. The van der Waals surface area contributed by atoms with Crippen LogP contribution in [0.3, 0.4) is 0 Å². The molecule has 2 aromatic carbocycles. The monoisotopic (exact) mass is 493 g/mol. The van der Waals surface area contributed by atoms with Gasteiger partial charge in [-0.2, -0.15) is 0 Å². The maximum absolute atomic E-state index is 14.0. The Hall–Kier alpha value is -3.55. The van der Waals surface area contributed by atoms with Gasteiger partial charge >= 0.3 is 0 Å². The van der Waals surface area contributed by atoms with Crippen molar-refractivity contribution in [3.8, 4) is 11.5 Å². The van der Waals surface area contributed by atoms with E-state index in [1.54, 1.807) is 56.4 Å². The highest BCUT2D eigenvalue weighted by molar-refractivity contribution is 6.05. The number of carbonyl (C=O) groups excluding carboxylic acids is 2. The van der Waals surface area contributed by atoms with Gasteiger partial charge in [0.05, 0.1) is 26.3 Å². The summed E-state index contributed by atoms with van der Waals surface area (Å²) in [5, 5.41) is 3.96. The average molecular weight is 494 g/mol. The van der Waals surface area contributed by atoms with Crippen molar-refractivity contribution in [2.24, 2.45) is 0 Å². The summed E-state index contributed by atoms with van der Waals surface area (Å²) in [5.41, 5.74) is 0.572. The minimum atomic E-state index is -1.20. The molecule has 1 aliphatic heterocycles. The Morgan fingerprint density at radius 2 is 1.81 bits per heavy atom. The van der Waals surface area contributed by atoms with Gasteiger partial charge in [0, 0.05) is 18.0 Å². The number of aromatic nitrogens is 1. The number of ether oxygens (including phenoxy) is 2. The first kappa shape index (κ1) is 24.2. The summed E-state index contributed by atoms with van der Waals surface area (Å²) >= 11 is 0. The Labute approximate surface area is 210 Å². The van der Waals surface area contributed by atoms with E-state index in [0.29, 0.717) is 28.3 Å². The lowest BCUT2D eigenvalue weighted by molar-refractivity contribution is -0.134. The molecule has 8 heteroatoms. The van der Waals surface area contributed by atoms with Crippen LogP contribution in [-0.2, 0) is 17.9 Å². The van der Waals surface area contributed by atoms with E-state index >= 15 is 0 Å². The molecule has 3 aromatic rings. The smallest absolute Gasteiger partial charge is 0.271 e. The fraction of sp³-hybridized carbons (Fsp3) is 0.429. The highest BCUT2D eigenvalue weighted by Gasteiger charge is 2.48. The third kappa shape index (κ3) is 4.08. The second kappa shape index (κ2) is 9.48. The van der Waals surface area contributed by atoms with E-state index in [4.69, 9.17) is 9.47 Å². The van der Waals surface area contributed by atoms with E-state index in [1.807, 2.05) is 4.57 Å². The number of hydrogen-bond donors (Lipinski definition) is 1. The number of carbonyl (C=O) groups is 2. The largest absolute Gasteiger partial charge is 0.496 e. The van der Waals surface area contributed by atoms with Crippen molar-refractivity contribution in [1.82, 2.24) is 14.8 Å². The molecule has 2 amide bonds. The van der Waals surface area contributed by atoms with Gasteiger partial charge < -0.3 is 24.3 Å². The van der Waals surface area contributed by atoms with Crippen molar-refractivity contribution in [1.29, 1.82) is 0 Å². The summed E-state index contributed by atoms with van der Waals surface area (Å²) < 4.78 is 27.1. The van der Waals surface area contributed by atoms with Crippen molar-refractivity contribution >= 4 is 22.7 Å². The molecule has 5 rings (SSSR count). The maximum atomic E-state index is 14.0. The number of methoxy groups -OCH3 is 2. The van der Waals surface area contributed by atoms with Crippen molar-refractivity contribution in [2.45, 2.75) is 63.7 Å². The van der Waals surface area contributed by atoms with E-state index in [2.05, 4.69) is 5.32 Å². The molecule has 1 aliphatic carbocycles. The molecule has 7 nitrogen and oxygen atoms in total. The number of benzene rings is 2. The number of rotatable bonds is 6. The van der Waals surface area contributed by atoms with Crippen molar-refractivity contribution in [3.05, 3.63) is 59.5 Å². The summed E-state index contributed by atoms with van der Waals surface area (Å²) in [4.78, 5) is 29.5. The lowest BCUT2D eigenvalue weighted by atomic mass is 9.91. The number of nitrogens with zero attached hydrogens (tertiary/aromatic N) is 2. The van der Waals surface area contributed by atoms with Gasteiger partial charge in [-0.1, -0.05) is 31.4 Å². The van der Waals surface area contributed by atoms with Crippen LogP contribution in [0.2, 0.25) is 0 Å². The summed E-state index contributed by atoms with van der Waals surface area (Å²) in [5.74, 6) is 0.332. The normalized spacial score (nSPS) is 20.3. The zero-order valence-corrected chi connectivity index (χ0v) is 21.0. The number of nitrogens with one attached hydrogen (secondary N) is 1. The number of fused-ring (bicyclic) bond motifs is 3. The van der Waals surface area contributed by atoms with E-state index in [0.717, 1.165) is 31.1 Å². The van der Waals surface area contributed by atoms with Crippen molar-refractivity contribution in [2.75, 3.05) is 14.2 Å². The summed E-state index contributed by atoms with van der Waals surface area (Å²) in [6, 6.07) is 11.6. The van der Waals surface area contributed by atoms with Crippen LogP contribution in [0.5, 0.6) is 11.5 Å². The maximum Gasteiger partial charge on any atom is 0.271 e. The van der Waals surface area contributed by atoms with Crippen molar-refractivity contribution in [3.63, 3.8) is 0 Å².